The van der Waals surface area contributed by atoms with Gasteiger partial charge in [-0.2, -0.15) is 0 Å². The third-order valence-electron chi connectivity index (χ3n) is 0.966. The second-order valence-electron chi connectivity index (χ2n) is 3.01. The molecule has 0 unspecified atom stereocenters. The molecule has 0 N–H and O–H groups in total. The predicted octanol–water partition coefficient (Wildman–Crippen LogP) is 0.339. The first-order valence-corrected chi connectivity index (χ1v) is 2.85. The van der Waals surface area contributed by atoms with Crippen molar-refractivity contribution in [2.24, 2.45) is 0 Å². The van der Waals surface area contributed by atoms with Crippen LogP contribution < -0.4 is 0 Å². The molecule has 0 aromatic rings. The number of ether oxygens (including phenoxy) is 1. The third kappa shape index (κ3) is 5.92. The van der Waals surface area contributed by atoms with Gasteiger partial charge in [-0.15, -0.1) is 0 Å². The largest absolute Gasteiger partial charge is 0.379 e. The molecule has 50 valence electrons. The molecule has 0 spiro atoms. The molecule has 0 aromatic heterocycles. The van der Waals surface area contributed by atoms with Gasteiger partial charge in [-0.1, -0.05) is 0 Å². The van der Waals surface area contributed by atoms with E-state index in [1.54, 1.807) is 7.11 Å². The van der Waals surface area contributed by atoms with Crippen LogP contribution in [-0.2, 0) is 4.74 Å². The van der Waals surface area contributed by atoms with E-state index in [4.69, 9.17) is 4.74 Å². The first-order chi connectivity index (χ1) is 3.56. The minimum Gasteiger partial charge on any atom is -0.379 e. The van der Waals surface area contributed by atoms with Gasteiger partial charge in [0.15, 0.2) is 0 Å². The minimum absolute atomic E-state index is 0.851. The van der Waals surface area contributed by atoms with E-state index in [-0.39, 0.29) is 0 Å². The van der Waals surface area contributed by atoms with E-state index >= 15 is 0 Å². The molecule has 0 fully saturated rings. The van der Waals surface area contributed by atoms with Crippen molar-refractivity contribution >= 4 is 0 Å². The van der Waals surface area contributed by atoms with E-state index in [1.807, 2.05) is 0 Å². The molecular weight excluding hydrogens is 104 g/mol. The summed E-state index contributed by atoms with van der Waals surface area (Å²) in [5, 5.41) is 0. The summed E-state index contributed by atoms with van der Waals surface area (Å²) in [5.41, 5.74) is 0. The molecule has 2 nitrogen and oxygen atoms in total. The Labute approximate surface area is 51.6 Å². The van der Waals surface area contributed by atoms with Crippen LogP contribution >= 0.6 is 0 Å². The fraction of sp³-hybridized carbons (Fsp3) is 1.00. The van der Waals surface area contributed by atoms with Gasteiger partial charge in [-0.25, -0.2) is 0 Å². The standard InChI is InChI=1S/C6H16NO/c1-7(2,3)5-6-8-4/h5-6H2,1-4H3/q+1/i6+2. The van der Waals surface area contributed by atoms with Crippen LogP contribution in [-0.4, -0.2) is 45.9 Å². The average molecular weight is 120 g/mol. The van der Waals surface area contributed by atoms with Crippen LogP contribution in [0.4, 0.5) is 0 Å². The Morgan fingerprint density at radius 2 is 1.88 bits per heavy atom. The lowest BCUT2D eigenvalue weighted by Crippen LogP contribution is -2.37. The molecule has 0 radical (unpaired) electrons. The van der Waals surface area contributed by atoms with E-state index in [2.05, 4.69) is 21.1 Å². The molecule has 0 saturated heterocycles. The number of hydrogen-bond acceptors (Lipinski definition) is 1. The highest BCUT2D eigenvalue weighted by Crippen LogP contribution is 1.87. The second-order valence-corrected chi connectivity index (χ2v) is 3.01. The number of likely N-dealkylation sites (N-methyl/N-ethyl adjacent to an activating group) is 1. The highest BCUT2D eigenvalue weighted by molar-refractivity contribution is 4.22. The van der Waals surface area contributed by atoms with E-state index in [0.29, 0.717) is 0 Å². The maximum atomic E-state index is 4.90. The fourth-order valence-corrected chi connectivity index (χ4v) is 0.365. The molecule has 0 atom stereocenters. The minimum atomic E-state index is 0.851. The molecule has 0 aliphatic heterocycles. The van der Waals surface area contributed by atoms with E-state index in [0.717, 1.165) is 17.6 Å². The molecule has 0 aromatic carbocycles. The molecular formula is C6H16NO+. The summed E-state index contributed by atoms with van der Waals surface area (Å²) < 4.78 is 5.88. The lowest BCUT2D eigenvalue weighted by molar-refractivity contribution is -0.870. The predicted molar refractivity (Wildman–Crippen MR) is 34.8 cm³/mol. The zero-order chi connectivity index (χ0) is 6.62. The molecule has 0 saturated carbocycles. The Morgan fingerprint density at radius 3 is 2.00 bits per heavy atom. The number of rotatable bonds is 3. The Morgan fingerprint density at radius 1 is 1.38 bits per heavy atom. The van der Waals surface area contributed by atoms with Crippen LogP contribution in [0.2, 0.25) is 0 Å². The van der Waals surface area contributed by atoms with Gasteiger partial charge in [0.05, 0.1) is 27.7 Å². The molecule has 0 aliphatic carbocycles. The van der Waals surface area contributed by atoms with Gasteiger partial charge < -0.3 is 9.22 Å². The van der Waals surface area contributed by atoms with E-state index in [9.17, 15) is 0 Å². The molecule has 0 aliphatic rings. The van der Waals surface area contributed by atoms with Crippen LogP contribution in [0.1, 0.15) is 0 Å². The summed E-state index contributed by atoms with van der Waals surface area (Å²) in [6, 6.07) is 0. The SMILES string of the molecule is CO[14CH2]C[N+](C)(C)C. The number of nitrogens with zero attached hydrogens (tertiary/aromatic N) is 1. The van der Waals surface area contributed by atoms with Crippen molar-refractivity contribution in [1.82, 2.24) is 0 Å². The maximum Gasteiger partial charge on any atom is 0.102 e. The van der Waals surface area contributed by atoms with Crippen molar-refractivity contribution in [3.63, 3.8) is 0 Å². The van der Waals surface area contributed by atoms with Crippen LogP contribution in [0.15, 0.2) is 0 Å². The van der Waals surface area contributed by atoms with Crippen molar-refractivity contribution in [2.75, 3.05) is 41.4 Å². The number of methoxy groups -OCH3 is 1. The summed E-state index contributed by atoms with van der Waals surface area (Å²) in [6.45, 7) is 1.93. The Bertz CT molecular complexity index is 56.0. The number of quaternary nitrogens is 1. The summed E-state index contributed by atoms with van der Waals surface area (Å²) in [4.78, 5) is 0. The zero-order valence-corrected chi connectivity index (χ0v) is 6.27. The highest BCUT2D eigenvalue weighted by atomic mass is 16.6. The summed E-state index contributed by atoms with van der Waals surface area (Å²) in [5.74, 6) is 0. The topological polar surface area (TPSA) is 9.23 Å². The van der Waals surface area contributed by atoms with E-state index < -0.39 is 0 Å². The summed E-state index contributed by atoms with van der Waals surface area (Å²) in [7, 11) is 8.19. The second kappa shape index (κ2) is 3.05. The van der Waals surface area contributed by atoms with Crippen molar-refractivity contribution in [3.8, 4) is 0 Å². The first-order valence-electron chi connectivity index (χ1n) is 2.85. The van der Waals surface area contributed by atoms with E-state index in [1.165, 1.54) is 0 Å². The molecule has 0 amide bonds. The smallest absolute Gasteiger partial charge is 0.102 e. The molecule has 8 heavy (non-hydrogen) atoms. The van der Waals surface area contributed by atoms with Gasteiger partial charge in [0.25, 0.3) is 0 Å². The Hall–Kier alpha value is -0.0800. The number of hydrogen-bond donors (Lipinski definition) is 0. The Balaban J connectivity index is 3.11. The normalized spacial score (nSPS) is 12.0. The highest BCUT2D eigenvalue weighted by Gasteiger charge is 2.03. The van der Waals surface area contributed by atoms with Crippen molar-refractivity contribution in [1.29, 1.82) is 0 Å². The van der Waals surface area contributed by atoms with Crippen LogP contribution in [0.25, 0.3) is 0 Å². The summed E-state index contributed by atoms with van der Waals surface area (Å²) >= 11 is 0. The lowest BCUT2D eigenvalue weighted by Gasteiger charge is -2.22. The van der Waals surface area contributed by atoms with Gasteiger partial charge in [-0.05, 0) is 0 Å². The lowest BCUT2D eigenvalue weighted by atomic mass is 10.7. The van der Waals surface area contributed by atoms with Gasteiger partial charge in [-0.3, -0.25) is 0 Å². The molecule has 0 heterocycles. The van der Waals surface area contributed by atoms with Gasteiger partial charge in [0.1, 0.15) is 6.54 Å². The maximum absolute atomic E-state index is 4.90. The molecule has 2 heteroatoms. The average Bonchev–Trinajstić information content (AvgIpc) is 1.59. The van der Waals surface area contributed by atoms with Crippen molar-refractivity contribution in [2.45, 2.75) is 0 Å². The molecule has 0 bridgehead atoms. The van der Waals surface area contributed by atoms with Gasteiger partial charge in [0, 0.05) is 7.11 Å². The van der Waals surface area contributed by atoms with Gasteiger partial charge >= 0.3 is 0 Å². The van der Waals surface area contributed by atoms with Crippen LogP contribution in [0.5, 0.6) is 0 Å². The van der Waals surface area contributed by atoms with Crippen LogP contribution in [0, 0.1) is 0 Å². The van der Waals surface area contributed by atoms with Crippen LogP contribution in [0.3, 0.4) is 0 Å². The van der Waals surface area contributed by atoms with Crippen molar-refractivity contribution < 1.29 is 9.22 Å². The monoisotopic (exact) mass is 120 g/mol. The third-order valence-corrected chi connectivity index (χ3v) is 0.966. The van der Waals surface area contributed by atoms with Crippen molar-refractivity contribution in [3.05, 3.63) is 0 Å². The Kier molecular flexibility index (Phi) is 3.02. The van der Waals surface area contributed by atoms with Gasteiger partial charge in [0.2, 0.25) is 0 Å². The molecule has 0 rings (SSSR count). The quantitative estimate of drug-likeness (QED) is 0.488. The fourth-order valence-electron chi connectivity index (χ4n) is 0.365. The summed E-state index contributed by atoms with van der Waals surface area (Å²) in [6.07, 6.45) is 0. The zero-order valence-electron chi connectivity index (χ0n) is 6.27. The first kappa shape index (κ1) is 7.92.